The Balaban J connectivity index is -0.0000000180. The molecule has 0 saturated carbocycles. The molecule has 0 heteroatoms. The third-order valence-electron chi connectivity index (χ3n) is 1.21. The van der Waals surface area contributed by atoms with Crippen LogP contribution in [-0.2, 0) is 0 Å². The predicted molar refractivity (Wildman–Crippen MR) is 68.1 cm³/mol. The van der Waals surface area contributed by atoms with Gasteiger partial charge >= 0.3 is 0 Å². The zero-order chi connectivity index (χ0) is 5.54. The van der Waals surface area contributed by atoms with Gasteiger partial charge in [-0.05, 0) is 0 Å². The van der Waals surface area contributed by atoms with Gasteiger partial charge in [0.1, 0.15) is 0 Å². The highest BCUT2D eigenvalue weighted by atomic mass is 13.9. The molecular formula is C12H36. The molecule has 12 heavy (non-hydrogen) atoms. The zero-order valence-electron chi connectivity index (χ0n) is 5.54. The fraction of sp³-hybridized carbons (Fsp3) is 1.00. The van der Waals surface area contributed by atoms with Gasteiger partial charge in [-0.15, -0.1) is 0 Å². The van der Waals surface area contributed by atoms with Gasteiger partial charge in [0, 0.05) is 0 Å². The molecule has 0 spiro atoms. The van der Waals surface area contributed by atoms with Crippen molar-refractivity contribution in [3.63, 3.8) is 0 Å². The number of rotatable bonds is 4. The molecule has 0 amide bonds. The molecule has 0 bridgehead atoms. The molecule has 0 radical (unpaired) electrons. The molecule has 0 aliphatic carbocycles. The van der Waals surface area contributed by atoms with Crippen LogP contribution in [0.25, 0.3) is 0 Å². The lowest BCUT2D eigenvalue weighted by Crippen LogP contribution is -1.70. The van der Waals surface area contributed by atoms with Crippen molar-refractivity contribution in [3.8, 4) is 0 Å². The monoisotopic (exact) mass is 180 g/mol. The Bertz CT molecular complexity index is 19.2. The molecule has 0 nitrogen and oxygen atoms in total. The molecule has 0 saturated heterocycles. The molecule has 0 aromatic carbocycles. The molecule has 0 unspecified atom stereocenters. The fourth-order valence-electron chi connectivity index (χ4n) is 0.677. The Morgan fingerprint density at radius 3 is 0.917 bits per heavy atom. The van der Waals surface area contributed by atoms with Crippen molar-refractivity contribution in [2.75, 3.05) is 0 Å². The summed E-state index contributed by atoms with van der Waals surface area (Å²) in [6, 6.07) is 0. The summed E-state index contributed by atoms with van der Waals surface area (Å²) in [5.74, 6) is 0. The lowest BCUT2D eigenvalue weighted by atomic mass is 10.2. The maximum atomic E-state index is 2.25. The van der Waals surface area contributed by atoms with Crippen LogP contribution in [0.5, 0.6) is 0 Å². The summed E-state index contributed by atoms with van der Waals surface area (Å²) in [6.07, 6.45) is 7.01. The highest BCUT2D eigenvalue weighted by Crippen LogP contribution is 2.00. The van der Waals surface area contributed by atoms with E-state index >= 15 is 0 Å². The van der Waals surface area contributed by atoms with Gasteiger partial charge in [-0.3, -0.25) is 0 Å². The van der Waals surface area contributed by atoms with Crippen LogP contribution in [-0.4, -0.2) is 0 Å². The molecular weight excluding hydrogens is 144 g/mol. The van der Waals surface area contributed by atoms with E-state index < -0.39 is 0 Å². The van der Waals surface area contributed by atoms with Crippen LogP contribution < -0.4 is 0 Å². The maximum Gasteiger partial charge on any atom is -0.0533 e. The lowest BCUT2D eigenvalue weighted by molar-refractivity contribution is 0.656. The van der Waals surface area contributed by atoms with Crippen LogP contribution in [0.1, 0.15) is 83.1 Å². The average Bonchev–Trinajstić information content (AvgIpc) is 1.69. The molecule has 0 heterocycles. The van der Waals surface area contributed by atoms with E-state index in [2.05, 4.69) is 13.8 Å². The second-order valence-corrected chi connectivity index (χ2v) is 2.06. The smallest absolute Gasteiger partial charge is 0.0533 e. The van der Waals surface area contributed by atoms with Crippen LogP contribution in [0.3, 0.4) is 0 Å². The van der Waals surface area contributed by atoms with Crippen LogP contribution in [0.2, 0.25) is 0 Å². The summed E-state index contributed by atoms with van der Waals surface area (Å²) < 4.78 is 0. The van der Waals surface area contributed by atoms with E-state index in [1.54, 1.807) is 0 Å². The first-order valence-electron chi connectivity index (χ1n) is 3.41. The summed E-state index contributed by atoms with van der Waals surface area (Å²) in [6.45, 7) is 4.49. The molecule has 0 atom stereocenters. The zero-order valence-corrected chi connectivity index (χ0v) is 5.54. The van der Waals surface area contributed by atoms with Gasteiger partial charge in [-0.25, -0.2) is 0 Å². The van der Waals surface area contributed by atoms with E-state index in [9.17, 15) is 0 Å². The van der Waals surface area contributed by atoms with E-state index in [4.69, 9.17) is 0 Å². The molecule has 0 fully saturated rings. The fourth-order valence-corrected chi connectivity index (χ4v) is 0.677. The standard InChI is InChI=1S/C7H16.5CH4/c1-3-5-7-6-4-2;;;;;/h3-7H2,1-2H3;5*1H4. The van der Waals surface area contributed by atoms with Crippen LogP contribution in [0.15, 0.2) is 0 Å². The maximum absolute atomic E-state index is 2.25. The third-order valence-corrected chi connectivity index (χ3v) is 1.21. The van der Waals surface area contributed by atoms with Gasteiger partial charge in [-0.1, -0.05) is 83.1 Å². The number of unbranched alkanes of at least 4 members (excludes halogenated alkanes) is 4. The predicted octanol–water partition coefficient (Wildman–Crippen LogP) is 6.16. The second-order valence-electron chi connectivity index (χ2n) is 2.06. The van der Waals surface area contributed by atoms with E-state index in [1.807, 2.05) is 0 Å². The average molecular weight is 180 g/mol. The Kier molecular flexibility index (Phi) is 148. The molecule has 0 aliphatic heterocycles. The minimum atomic E-state index is 0. The van der Waals surface area contributed by atoms with Gasteiger partial charge in [0.2, 0.25) is 0 Å². The van der Waals surface area contributed by atoms with Gasteiger partial charge < -0.3 is 0 Å². The molecule has 0 rings (SSSR count). The number of hydrogen-bond acceptors (Lipinski definition) is 0. The summed E-state index contributed by atoms with van der Waals surface area (Å²) in [5, 5.41) is 0. The van der Waals surface area contributed by atoms with Crippen LogP contribution in [0, 0.1) is 0 Å². The molecule has 0 N–H and O–H groups in total. The SMILES string of the molecule is C.C.C.C.C.CCCCCCC. The first kappa shape index (κ1) is 40.3. The minimum absolute atomic E-state index is 0. The van der Waals surface area contributed by atoms with Gasteiger partial charge in [0.25, 0.3) is 0 Å². The van der Waals surface area contributed by atoms with Crippen LogP contribution >= 0.6 is 0 Å². The van der Waals surface area contributed by atoms with Crippen LogP contribution in [0.4, 0.5) is 0 Å². The minimum Gasteiger partial charge on any atom is -0.0776 e. The van der Waals surface area contributed by atoms with E-state index in [-0.39, 0.29) is 37.1 Å². The van der Waals surface area contributed by atoms with Crippen molar-refractivity contribution in [3.05, 3.63) is 0 Å². The molecule has 84 valence electrons. The second kappa shape index (κ2) is 44.0. The van der Waals surface area contributed by atoms with Crippen molar-refractivity contribution in [2.24, 2.45) is 0 Å². The highest BCUT2D eigenvalue weighted by molar-refractivity contribution is 4.35. The normalized spacial score (nSPS) is 5.50. The molecule has 0 aromatic heterocycles. The van der Waals surface area contributed by atoms with E-state index in [0.717, 1.165) is 0 Å². The van der Waals surface area contributed by atoms with Gasteiger partial charge in [0.15, 0.2) is 0 Å². The van der Waals surface area contributed by atoms with Crippen molar-refractivity contribution < 1.29 is 0 Å². The Hall–Kier alpha value is 0. The Labute approximate surface area is 83.8 Å². The molecule has 0 aliphatic rings. The van der Waals surface area contributed by atoms with Crippen molar-refractivity contribution in [1.82, 2.24) is 0 Å². The largest absolute Gasteiger partial charge is 0.0776 e. The lowest BCUT2D eigenvalue weighted by Gasteiger charge is -1.90. The Morgan fingerprint density at radius 1 is 0.500 bits per heavy atom. The molecule has 0 aromatic rings. The van der Waals surface area contributed by atoms with Gasteiger partial charge in [-0.2, -0.15) is 0 Å². The first-order valence-corrected chi connectivity index (χ1v) is 3.41. The summed E-state index contributed by atoms with van der Waals surface area (Å²) in [7, 11) is 0. The summed E-state index contributed by atoms with van der Waals surface area (Å²) in [5.41, 5.74) is 0. The Morgan fingerprint density at radius 2 is 0.750 bits per heavy atom. The van der Waals surface area contributed by atoms with Crippen molar-refractivity contribution in [1.29, 1.82) is 0 Å². The van der Waals surface area contributed by atoms with Crippen molar-refractivity contribution in [2.45, 2.75) is 83.1 Å². The summed E-state index contributed by atoms with van der Waals surface area (Å²) >= 11 is 0. The highest BCUT2D eigenvalue weighted by Gasteiger charge is 1.80. The quantitative estimate of drug-likeness (QED) is 0.455. The topological polar surface area (TPSA) is 0 Å². The van der Waals surface area contributed by atoms with Gasteiger partial charge in [0.05, 0.1) is 0 Å². The summed E-state index contributed by atoms with van der Waals surface area (Å²) in [4.78, 5) is 0. The van der Waals surface area contributed by atoms with Crippen molar-refractivity contribution >= 4 is 0 Å². The first-order chi connectivity index (χ1) is 3.41. The number of hydrogen-bond donors (Lipinski definition) is 0. The van der Waals surface area contributed by atoms with E-state index in [1.165, 1.54) is 32.1 Å². The third kappa shape index (κ3) is 50.6. The van der Waals surface area contributed by atoms with E-state index in [0.29, 0.717) is 0 Å².